The number of aryl methyl sites for hydroxylation is 8. The molecule has 266 valence electrons. The summed E-state index contributed by atoms with van der Waals surface area (Å²) in [5, 5.41) is 6.83. The smallest absolute Gasteiger partial charge is 0.250 e. The Bertz CT molecular complexity index is 2240. The van der Waals surface area contributed by atoms with Gasteiger partial charge < -0.3 is 30.9 Å². The van der Waals surface area contributed by atoms with Crippen LogP contribution >= 0.6 is 0 Å². The molecule has 0 fully saturated rings. The Kier molecular flexibility index (Phi) is 10.8. The fourth-order valence-electron chi connectivity index (χ4n) is 6.44. The number of aromatic nitrogens is 4. The van der Waals surface area contributed by atoms with Gasteiger partial charge in [-0.25, -0.2) is 14.4 Å². The molecular weight excluding hydrogens is 643 g/mol. The minimum atomic E-state index is -0.496. The molecule has 0 aliphatic heterocycles. The number of benzene rings is 2. The lowest BCUT2D eigenvalue weighted by molar-refractivity contribution is 0.0991. The van der Waals surface area contributed by atoms with Crippen LogP contribution in [0.25, 0.3) is 11.3 Å². The third-order valence-electron chi connectivity index (χ3n) is 9.66. The second-order valence-corrected chi connectivity index (χ2v) is 13.0. The number of rotatable bonds is 10. The zero-order valence-electron chi connectivity index (χ0n) is 30.7. The zero-order valence-corrected chi connectivity index (χ0v) is 30.7. The predicted molar refractivity (Wildman–Crippen MR) is 202 cm³/mol. The first kappa shape index (κ1) is 36.6. The number of hydrogen-bond donors (Lipinski definition) is 4. The summed E-state index contributed by atoms with van der Waals surface area (Å²) in [6.45, 7) is 17.1. The van der Waals surface area contributed by atoms with Gasteiger partial charge in [0.05, 0.1) is 33.9 Å². The summed E-state index contributed by atoms with van der Waals surface area (Å²) in [6, 6.07) is 13.0. The summed E-state index contributed by atoms with van der Waals surface area (Å²) in [7, 11) is 0. The van der Waals surface area contributed by atoms with Crippen molar-refractivity contribution in [2.45, 2.75) is 81.3 Å². The van der Waals surface area contributed by atoms with Gasteiger partial charge in [0.25, 0.3) is 0 Å². The highest BCUT2D eigenvalue weighted by Gasteiger charge is 2.16. The van der Waals surface area contributed by atoms with E-state index in [4.69, 9.17) is 11.5 Å². The molecule has 6 N–H and O–H groups in total. The standard InChI is InChI=1S/C21H26N4O.C19H21FN4O/c1-5-15-8-7-9-16(6-2)18(15)11-23-19-10-17(20(22)26)12-25-14(4)13(3)24-21(19)25;1-10-5-15(20)6-11(2)16(10)8-22-17-7-14(18(21)25)9-24-13(4)12(3)23-19(17)24/h7-10,12,23H,5-6,11H2,1-4H3,(H2,22,26);5-7,9,22H,8H2,1-4H3,(H2,21,25). The minimum absolute atomic E-state index is 0.239. The van der Waals surface area contributed by atoms with Crippen molar-refractivity contribution < 1.29 is 14.0 Å². The molecule has 0 saturated heterocycles. The molecule has 0 aliphatic carbocycles. The van der Waals surface area contributed by atoms with E-state index < -0.39 is 11.8 Å². The number of nitrogens with zero attached hydrogens (tertiary/aromatic N) is 4. The van der Waals surface area contributed by atoms with E-state index in [-0.39, 0.29) is 5.82 Å². The largest absolute Gasteiger partial charge is 0.378 e. The Morgan fingerprint density at radius 2 is 1.10 bits per heavy atom. The second kappa shape index (κ2) is 15.0. The molecule has 0 radical (unpaired) electrons. The van der Waals surface area contributed by atoms with Crippen molar-refractivity contribution in [1.29, 1.82) is 0 Å². The van der Waals surface area contributed by atoms with Crippen LogP contribution in [0.2, 0.25) is 0 Å². The second-order valence-electron chi connectivity index (χ2n) is 13.0. The van der Waals surface area contributed by atoms with Crippen molar-refractivity contribution in [2.24, 2.45) is 11.5 Å². The molecule has 0 spiro atoms. The van der Waals surface area contributed by atoms with Gasteiger partial charge in [-0.2, -0.15) is 0 Å². The van der Waals surface area contributed by atoms with Crippen LogP contribution in [0, 0.1) is 47.4 Å². The third-order valence-corrected chi connectivity index (χ3v) is 9.66. The Hall–Kier alpha value is -5.71. The number of carbonyl (C=O) groups is 2. The number of pyridine rings is 2. The molecule has 0 unspecified atom stereocenters. The Morgan fingerprint density at radius 3 is 1.49 bits per heavy atom. The molecule has 6 rings (SSSR count). The lowest BCUT2D eigenvalue weighted by Gasteiger charge is -2.16. The van der Waals surface area contributed by atoms with Gasteiger partial charge in [-0.15, -0.1) is 0 Å². The average molecular weight is 691 g/mol. The van der Waals surface area contributed by atoms with E-state index in [0.29, 0.717) is 24.2 Å². The first-order valence-electron chi connectivity index (χ1n) is 17.1. The van der Waals surface area contributed by atoms with Crippen LogP contribution in [-0.2, 0) is 25.9 Å². The molecule has 0 atom stereocenters. The van der Waals surface area contributed by atoms with Crippen LogP contribution in [0.4, 0.5) is 15.8 Å². The molecule has 11 heteroatoms. The van der Waals surface area contributed by atoms with E-state index >= 15 is 0 Å². The molecular formula is C40H47FN8O2. The van der Waals surface area contributed by atoms with Crippen molar-refractivity contribution in [3.05, 3.63) is 128 Å². The van der Waals surface area contributed by atoms with E-state index in [1.807, 2.05) is 50.3 Å². The number of imidazole rings is 2. The van der Waals surface area contributed by atoms with Crippen LogP contribution in [0.3, 0.4) is 0 Å². The van der Waals surface area contributed by atoms with Gasteiger partial charge >= 0.3 is 0 Å². The summed E-state index contributed by atoms with van der Waals surface area (Å²) in [6.07, 6.45) is 5.44. The first-order valence-corrected chi connectivity index (χ1v) is 17.1. The van der Waals surface area contributed by atoms with Crippen molar-refractivity contribution in [3.8, 4) is 0 Å². The lowest BCUT2D eigenvalue weighted by atomic mass is 9.97. The Morgan fingerprint density at radius 1 is 0.686 bits per heavy atom. The maximum atomic E-state index is 13.5. The Balaban J connectivity index is 0.000000198. The van der Waals surface area contributed by atoms with Crippen molar-refractivity contribution in [3.63, 3.8) is 0 Å². The number of hydrogen-bond acceptors (Lipinski definition) is 6. The van der Waals surface area contributed by atoms with E-state index in [0.717, 1.165) is 75.0 Å². The van der Waals surface area contributed by atoms with Crippen molar-refractivity contribution >= 4 is 34.5 Å². The molecule has 4 heterocycles. The number of nitrogens with one attached hydrogen (secondary N) is 2. The molecule has 0 bridgehead atoms. The van der Waals surface area contributed by atoms with Gasteiger partial charge in [0, 0.05) is 36.9 Å². The predicted octanol–water partition coefficient (Wildman–Crippen LogP) is 7.21. The van der Waals surface area contributed by atoms with Crippen LogP contribution in [0.15, 0.2) is 54.9 Å². The molecule has 4 aromatic heterocycles. The van der Waals surface area contributed by atoms with Crippen LogP contribution in [-0.4, -0.2) is 30.6 Å². The topological polar surface area (TPSA) is 145 Å². The summed E-state index contributed by atoms with van der Waals surface area (Å²) >= 11 is 0. The van der Waals surface area contributed by atoms with Crippen molar-refractivity contribution in [1.82, 2.24) is 18.8 Å². The Labute approximate surface area is 298 Å². The monoisotopic (exact) mass is 690 g/mol. The summed E-state index contributed by atoms with van der Waals surface area (Å²) in [5.74, 6) is -1.18. The summed E-state index contributed by atoms with van der Waals surface area (Å²) in [5.41, 5.74) is 25.5. The first-order chi connectivity index (χ1) is 24.2. The molecule has 10 nitrogen and oxygen atoms in total. The van der Waals surface area contributed by atoms with Gasteiger partial charge in [-0.3, -0.25) is 9.59 Å². The van der Waals surface area contributed by atoms with Crippen LogP contribution < -0.4 is 22.1 Å². The number of anilines is 2. The zero-order chi connectivity index (χ0) is 37.1. The maximum Gasteiger partial charge on any atom is 0.250 e. The van der Waals surface area contributed by atoms with E-state index in [2.05, 4.69) is 52.6 Å². The van der Waals surface area contributed by atoms with Crippen molar-refractivity contribution in [2.75, 3.05) is 10.6 Å². The number of halogens is 1. The normalized spacial score (nSPS) is 11.1. The maximum absolute atomic E-state index is 13.5. The average Bonchev–Trinajstić information content (AvgIpc) is 3.55. The quantitative estimate of drug-likeness (QED) is 0.120. The SMILES string of the molecule is CCc1cccc(CC)c1CNc1cc(C(N)=O)cn2c(C)c(C)nc12.Cc1cc(F)cc(C)c1CNc1cc(C(N)=O)cn2c(C)c(C)nc12. The number of primary amides is 2. The van der Waals surface area contributed by atoms with E-state index in [9.17, 15) is 14.0 Å². The number of carbonyl (C=O) groups excluding carboxylic acids is 2. The molecule has 0 aliphatic rings. The highest BCUT2D eigenvalue weighted by Crippen LogP contribution is 2.26. The highest BCUT2D eigenvalue weighted by molar-refractivity contribution is 5.95. The molecule has 0 saturated carbocycles. The number of fused-ring (bicyclic) bond motifs is 2. The fraction of sp³-hybridized carbons (Fsp3) is 0.300. The van der Waals surface area contributed by atoms with Crippen LogP contribution in [0.5, 0.6) is 0 Å². The highest BCUT2D eigenvalue weighted by atomic mass is 19.1. The van der Waals surface area contributed by atoms with Crippen LogP contribution in [0.1, 0.15) is 90.7 Å². The molecule has 51 heavy (non-hydrogen) atoms. The van der Waals surface area contributed by atoms with Gasteiger partial charge in [-0.1, -0.05) is 32.0 Å². The van der Waals surface area contributed by atoms with Gasteiger partial charge in [0.1, 0.15) is 5.82 Å². The summed E-state index contributed by atoms with van der Waals surface area (Å²) in [4.78, 5) is 32.6. The van der Waals surface area contributed by atoms with Gasteiger partial charge in [0.15, 0.2) is 11.3 Å². The van der Waals surface area contributed by atoms with Gasteiger partial charge in [0.2, 0.25) is 11.8 Å². The molecule has 6 aromatic rings. The van der Waals surface area contributed by atoms with Gasteiger partial charge in [-0.05, 0) is 112 Å². The molecule has 2 amide bonds. The minimum Gasteiger partial charge on any atom is -0.378 e. The number of nitrogens with two attached hydrogens (primary N) is 2. The number of amides is 2. The molecule has 2 aromatic carbocycles. The fourth-order valence-corrected chi connectivity index (χ4v) is 6.44. The van der Waals surface area contributed by atoms with E-state index in [1.165, 1.54) is 28.8 Å². The summed E-state index contributed by atoms with van der Waals surface area (Å²) < 4.78 is 17.3. The van der Waals surface area contributed by atoms with E-state index in [1.54, 1.807) is 24.5 Å². The third kappa shape index (κ3) is 7.57. The lowest BCUT2D eigenvalue weighted by Crippen LogP contribution is -2.14.